The van der Waals surface area contributed by atoms with E-state index in [9.17, 15) is 14.4 Å². The van der Waals surface area contributed by atoms with Crippen molar-refractivity contribution in [1.29, 1.82) is 0 Å². The Balaban J connectivity index is 1.71. The van der Waals surface area contributed by atoms with Crippen LogP contribution in [0, 0.1) is 19.8 Å². The van der Waals surface area contributed by atoms with Crippen molar-refractivity contribution in [2.75, 3.05) is 23.3 Å². The lowest BCUT2D eigenvalue weighted by molar-refractivity contribution is -0.122. The molecule has 3 amide bonds. The Morgan fingerprint density at radius 2 is 1.90 bits per heavy atom. The first kappa shape index (κ1) is 21.6. The Hall–Kier alpha value is -3.15. The van der Waals surface area contributed by atoms with Crippen molar-refractivity contribution in [3.63, 3.8) is 0 Å². The van der Waals surface area contributed by atoms with E-state index in [0.717, 1.165) is 29.7 Å². The molecule has 1 unspecified atom stereocenters. The SMILES string of the molecule is CCCCNC(=O)c1ccccc1NC(=O)C1CC(=O)N(c2cc(C)ccc2C)C1. The summed E-state index contributed by atoms with van der Waals surface area (Å²) >= 11 is 0. The zero-order valence-electron chi connectivity index (χ0n) is 17.8. The Kier molecular flexibility index (Phi) is 6.87. The third-order valence-electron chi connectivity index (χ3n) is 5.40. The van der Waals surface area contributed by atoms with Crippen LogP contribution < -0.4 is 15.5 Å². The number of amides is 3. The summed E-state index contributed by atoms with van der Waals surface area (Å²) in [6.45, 7) is 6.93. The lowest BCUT2D eigenvalue weighted by atomic mass is 10.1. The molecule has 1 aliphatic heterocycles. The minimum atomic E-state index is -0.464. The van der Waals surface area contributed by atoms with Crippen molar-refractivity contribution in [1.82, 2.24) is 5.32 Å². The maximum atomic E-state index is 12.9. The highest BCUT2D eigenvalue weighted by Gasteiger charge is 2.36. The number of para-hydroxylation sites is 1. The number of rotatable bonds is 7. The van der Waals surface area contributed by atoms with Crippen molar-refractivity contribution >= 4 is 29.1 Å². The van der Waals surface area contributed by atoms with Crippen LogP contribution in [0.5, 0.6) is 0 Å². The molecular formula is C24H29N3O3. The number of aryl methyl sites for hydroxylation is 2. The topological polar surface area (TPSA) is 78.5 Å². The first-order valence-electron chi connectivity index (χ1n) is 10.5. The number of hydrogen-bond donors (Lipinski definition) is 2. The molecule has 0 aliphatic carbocycles. The van der Waals surface area contributed by atoms with Crippen molar-refractivity contribution in [2.24, 2.45) is 5.92 Å². The molecular weight excluding hydrogens is 378 g/mol. The van der Waals surface area contributed by atoms with E-state index in [2.05, 4.69) is 17.6 Å². The molecule has 158 valence electrons. The number of benzene rings is 2. The van der Waals surface area contributed by atoms with Crippen LogP contribution in [0.25, 0.3) is 0 Å². The number of hydrogen-bond acceptors (Lipinski definition) is 3. The van der Waals surface area contributed by atoms with Crippen LogP contribution in [-0.4, -0.2) is 30.8 Å². The van der Waals surface area contributed by atoms with E-state index >= 15 is 0 Å². The summed E-state index contributed by atoms with van der Waals surface area (Å²) in [6.07, 6.45) is 2.05. The number of nitrogens with one attached hydrogen (secondary N) is 2. The molecule has 6 heteroatoms. The number of carbonyl (C=O) groups excluding carboxylic acids is 3. The van der Waals surface area contributed by atoms with Crippen molar-refractivity contribution in [2.45, 2.75) is 40.0 Å². The van der Waals surface area contributed by atoms with Gasteiger partial charge in [0, 0.05) is 25.2 Å². The van der Waals surface area contributed by atoms with Crippen LogP contribution in [-0.2, 0) is 9.59 Å². The van der Waals surface area contributed by atoms with Crippen LogP contribution in [0.3, 0.4) is 0 Å². The molecule has 1 atom stereocenters. The summed E-state index contributed by atoms with van der Waals surface area (Å²) in [5.74, 6) is -0.980. The quantitative estimate of drug-likeness (QED) is 0.685. The first-order valence-corrected chi connectivity index (χ1v) is 10.5. The van der Waals surface area contributed by atoms with E-state index < -0.39 is 5.92 Å². The number of unbranched alkanes of at least 4 members (excludes halogenated alkanes) is 1. The fourth-order valence-electron chi connectivity index (χ4n) is 3.63. The minimum absolute atomic E-state index is 0.0607. The molecule has 1 fully saturated rings. The fourth-order valence-corrected chi connectivity index (χ4v) is 3.63. The van der Waals surface area contributed by atoms with Gasteiger partial charge >= 0.3 is 0 Å². The van der Waals surface area contributed by atoms with Crippen LogP contribution in [0.2, 0.25) is 0 Å². The number of nitrogens with zero attached hydrogens (tertiary/aromatic N) is 1. The van der Waals surface area contributed by atoms with E-state index in [0.29, 0.717) is 24.3 Å². The summed E-state index contributed by atoms with van der Waals surface area (Å²) in [4.78, 5) is 39.7. The zero-order chi connectivity index (χ0) is 21.7. The predicted molar refractivity (Wildman–Crippen MR) is 119 cm³/mol. The Morgan fingerprint density at radius 3 is 2.67 bits per heavy atom. The smallest absolute Gasteiger partial charge is 0.253 e. The standard InChI is InChI=1S/C24H29N3O3/c1-4-5-12-25-24(30)19-8-6-7-9-20(19)26-23(29)18-14-22(28)27(15-18)21-13-16(2)10-11-17(21)3/h6-11,13,18H,4-5,12,14-15H2,1-3H3,(H,25,30)(H,26,29). The predicted octanol–water partition coefficient (Wildman–Crippen LogP) is 3.82. The summed E-state index contributed by atoms with van der Waals surface area (Å²) in [6, 6.07) is 12.9. The average Bonchev–Trinajstić information content (AvgIpc) is 3.12. The van der Waals surface area contributed by atoms with Gasteiger partial charge in [0.05, 0.1) is 17.2 Å². The fraction of sp³-hybridized carbons (Fsp3) is 0.375. The summed E-state index contributed by atoms with van der Waals surface area (Å²) in [5.41, 5.74) is 3.82. The largest absolute Gasteiger partial charge is 0.352 e. The second kappa shape index (κ2) is 9.57. The van der Waals surface area contributed by atoms with Crippen LogP contribution in [0.15, 0.2) is 42.5 Å². The maximum Gasteiger partial charge on any atom is 0.253 e. The van der Waals surface area contributed by atoms with E-state index in [-0.39, 0.29) is 24.1 Å². The molecule has 2 aromatic rings. The highest BCUT2D eigenvalue weighted by Crippen LogP contribution is 2.29. The summed E-state index contributed by atoms with van der Waals surface area (Å²) in [5, 5.41) is 5.74. The molecule has 1 aliphatic rings. The van der Waals surface area contributed by atoms with Crippen LogP contribution >= 0.6 is 0 Å². The zero-order valence-corrected chi connectivity index (χ0v) is 17.8. The van der Waals surface area contributed by atoms with Crippen molar-refractivity contribution in [3.05, 3.63) is 59.2 Å². The van der Waals surface area contributed by atoms with Gasteiger partial charge in [0.1, 0.15) is 0 Å². The highest BCUT2D eigenvalue weighted by atomic mass is 16.2. The van der Waals surface area contributed by atoms with Gasteiger partial charge in [-0.3, -0.25) is 14.4 Å². The van der Waals surface area contributed by atoms with Gasteiger partial charge in [0.2, 0.25) is 11.8 Å². The molecule has 0 aromatic heterocycles. The molecule has 2 aromatic carbocycles. The normalized spacial score (nSPS) is 15.9. The molecule has 30 heavy (non-hydrogen) atoms. The van der Waals surface area contributed by atoms with Crippen molar-refractivity contribution in [3.8, 4) is 0 Å². The molecule has 2 N–H and O–H groups in total. The van der Waals surface area contributed by atoms with Gasteiger partial charge < -0.3 is 15.5 Å². The van der Waals surface area contributed by atoms with Gasteiger partial charge in [-0.1, -0.05) is 37.6 Å². The monoisotopic (exact) mass is 407 g/mol. The summed E-state index contributed by atoms with van der Waals surface area (Å²) < 4.78 is 0. The van der Waals surface area contributed by atoms with Crippen LogP contribution in [0.1, 0.15) is 47.7 Å². The van der Waals surface area contributed by atoms with Gasteiger partial charge in [-0.05, 0) is 49.6 Å². The van der Waals surface area contributed by atoms with Crippen molar-refractivity contribution < 1.29 is 14.4 Å². The Morgan fingerprint density at radius 1 is 1.13 bits per heavy atom. The van der Waals surface area contributed by atoms with Gasteiger partial charge in [-0.15, -0.1) is 0 Å². The van der Waals surface area contributed by atoms with E-state index in [4.69, 9.17) is 0 Å². The molecule has 1 heterocycles. The van der Waals surface area contributed by atoms with Gasteiger partial charge in [0.25, 0.3) is 5.91 Å². The number of carbonyl (C=O) groups is 3. The Bertz CT molecular complexity index is 954. The molecule has 0 radical (unpaired) electrons. The van der Waals surface area contributed by atoms with E-state index in [1.165, 1.54) is 0 Å². The third-order valence-corrected chi connectivity index (χ3v) is 5.40. The highest BCUT2D eigenvalue weighted by molar-refractivity contribution is 6.07. The van der Waals surface area contributed by atoms with Crippen LogP contribution in [0.4, 0.5) is 11.4 Å². The third kappa shape index (κ3) is 4.87. The Labute approximate surface area is 177 Å². The van der Waals surface area contributed by atoms with Gasteiger partial charge in [-0.2, -0.15) is 0 Å². The molecule has 6 nitrogen and oxygen atoms in total. The van der Waals surface area contributed by atoms with Gasteiger partial charge in [-0.25, -0.2) is 0 Å². The molecule has 1 saturated heterocycles. The first-order chi connectivity index (χ1) is 14.4. The molecule has 3 rings (SSSR count). The number of anilines is 2. The molecule has 0 spiro atoms. The second-order valence-electron chi connectivity index (χ2n) is 7.84. The van der Waals surface area contributed by atoms with Gasteiger partial charge in [0.15, 0.2) is 0 Å². The second-order valence-corrected chi connectivity index (χ2v) is 7.84. The maximum absolute atomic E-state index is 12.9. The lowest BCUT2D eigenvalue weighted by Gasteiger charge is -2.20. The lowest BCUT2D eigenvalue weighted by Crippen LogP contribution is -2.30. The average molecular weight is 408 g/mol. The molecule has 0 saturated carbocycles. The summed E-state index contributed by atoms with van der Waals surface area (Å²) in [7, 11) is 0. The van der Waals surface area contributed by atoms with E-state index in [1.807, 2.05) is 32.0 Å². The van der Waals surface area contributed by atoms with E-state index in [1.54, 1.807) is 29.2 Å². The minimum Gasteiger partial charge on any atom is -0.352 e. The molecule has 0 bridgehead atoms.